The number of alkyl carbamates (subject to hydrolysis) is 1. The zero-order valence-electron chi connectivity index (χ0n) is 11.6. The third-order valence-electron chi connectivity index (χ3n) is 3.96. The van der Waals surface area contributed by atoms with Gasteiger partial charge in [-0.25, -0.2) is 4.79 Å². The summed E-state index contributed by atoms with van der Waals surface area (Å²) < 4.78 is 10.8. The number of hydrogen-bond acceptors (Lipinski definition) is 4. The van der Waals surface area contributed by atoms with Crippen molar-refractivity contribution < 1.29 is 14.3 Å². The first-order valence-corrected chi connectivity index (χ1v) is 7.13. The maximum Gasteiger partial charge on any atom is 0.407 e. The molecule has 1 heterocycles. The molecule has 0 saturated carbocycles. The Hall–Kier alpha value is -1.75. The largest absolute Gasteiger partial charge is 0.490 e. The fourth-order valence-corrected chi connectivity index (χ4v) is 2.89. The van der Waals surface area contributed by atoms with Crippen molar-refractivity contribution in [1.82, 2.24) is 10.6 Å². The number of fused-ring (bicyclic) bond motifs is 1. The minimum atomic E-state index is -0.360. The number of aryl methyl sites for hydroxylation is 1. The molecule has 0 spiro atoms. The van der Waals surface area contributed by atoms with Crippen LogP contribution in [0.4, 0.5) is 4.79 Å². The Morgan fingerprint density at radius 2 is 2.40 bits per heavy atom. The zero-order chi connectivity index (χ0) is 13.9. The Kier molecular flexibility index (Phi) is 3.78. The van der Waals surface area contributed by atoms with Crippen molar-refractivity contribution in [3.05, 3.63) is 29.3 Å². The van der Waals surface area contributed by atoms with Crippen LogP contribution >= 0.6 is 0 Å². The molecule has 2 aliphatic rings. The molecule has 1 amide bonds. The van der Waals surface area contributed by atoms with Crippen LogP contribution in [0.15, 0.2) is 18.2 Å². The van der Waals surface area contributed by atoms with Crippen LogP contribution < -0.4 is 15.4 Å². The van der Waals surface area contributed by atoms with Gasteiger partial charge in [-0.05, 0) is 49.6 Å². The number of ether oxygens (including phenoxy) is 2. The third-order valence-corrected chi connectivity index (χ3v) is 3.96. The second kappa shape index (κ2) is 5.71. The molecule has 2 atom stereocenters. The van der Waals surface area contributed by atoms with Gasteiger partial charge in [-0.3, -0.25) is 0 Å². The molecule has 0 bridgehead atoms. The standard InChI is InChI=1S/C15H20N2O3/c1-16-14-4-2-3-10-7-11(5-6-13(10)14)19-9-12-8-17-15(18)20-12/h5-7,12,14,16H,2-4,8-9H2,1H3,(H,17,18). The van der Waals surface area contributed by atoms with Crippen LogP contribution in [0.3, 0.4) is 0 Å². The van der Waals surface area contributed by atoms with Gasteiger partial charge in [-0.2, -0.15) is 0 Å². The maximum absolute atomic E-state index is 10.9. The van der Waals surface area contributed by atoms with Crippen LogP contribution in [0.1, 0.15) is 30.0 Å². The molecule has 1 aromatic carbocycles. The van der Waals surface area contributed by atoms with E-state index in [0.29, 0.717) is 19.2 Å². The molecule has 1 aromatic rings. The highest BCUT2D eigenvalue weighted by Gasteiger charge is 2.23. The van der Waals surface area contributed by atoms with E-state index in [1.165, 1.54) is 24.0 Å². The Labute approximate surface area is 118 Å². The van der Waals surface area contributed by atoms with E-state index in [9.17, 15) is 4.79 Å². The number of carbonyl (C=O) groups excluding carboxylic acids is 1. The Bertz CT molecular complexity index is 504. The van der Waals surface area contributed by atoms with E-state index in [4.69, 9.17) is 9.47 Å². The topological polar surface area (TPSA) is 59.6 Å². The summed E-state index contributed by atoms with van der Waals surface area (Å²) >= 11 is 0. The van der Waals surface area contributed by atoms with Crippen molar-refractivity contribution in [2.24, 2.45) is 0 Å². The van der Waals surface area contributed by atoms with Gasteiger partial charge in [0.15, 0.2) is 6.10 Å². The van der Waals surface area contributed by atoms with E-state index < -0.39 is 0 Å². The van der Waals surface area contributed by atoms with E-state index in [1.807, 2.05) is 13.1 Å². The van der Waals surface area contributed by atoms with Crippen LogP contribution in [-0.2, 0) is 11.2 Å². The quantitative estimate of drug-likeness (QED) is 0.880. The first kappa shape index (κ1) is 13.2. The maximum atomic E-state index is 10.9. The van der Waals surface area contributed by atoms with Crippen molar-refractivity contribution in [3.8, 4) is 5.75 Å². The predicted molar refractivity (Wildman–Crippen MR) is 74.9 cm³/mol. The summed E-state index contributed by atoms with van der Waals surface area (Å²) in [6.45, 7) is 0.915. The first-order chi connectivity index (χ1) is 9.76. The molecule has 20 heavy (non-hydrogen) atoms. The highest BCUT2D eigenvalue weighted by atomic mass is 16.6. The second-order valence-corrected chi connectivity index (χ2v) is 5.31. The number of nitrogens with one attached hydrogen (secondary N) is 2. The highest BCUT2D eigenvalue weighted by Crippen LogP contribution is 2.31. The normalized spacial score (nSPS) is 24.8. The average molecular weight is 276 g/mol. The molecule has 1 fully saturated rings. The molecule has 108 valence electrons. The molecule has 1 aliphatic heterocycles. The van der Waals surface area contributed by atoms with Gasteiger partial charge < -0.3 is 20.1 Å². The summed E-state index contributed by atoms with van der Waals surface area (Å²) in [5.74, 6) is 0.850. The van der Waals surface area contributed by atoms with Crippen LogP contribution in [0, 0.1) is 0 Å². The van der Waals surface area contributed by atoms with Crippen molar-refractivity contribution in [2.75, 3.05) is 20.2 Å². The molecular weight excluding hydrogens is 256 g/mol. The summed E-state index contributed by atoms with van der Waals surface area (Å²) in [6, 6.07) is 6.71. The number of hydrogen-bond donors (Lipinski definition) is 2. The smallest absolute Gasteiger partial charge is 0.407 e. The molecule has 5 heteroatoms. The van der Waals surface area contributed by atoms with Gasteiger partial charge >= 0.3 is 6.09 Å². The van der Waals surface area contributed by atoms with E-state index in [-0.39, 0.29) is 12.2 Å². The van der Waals surface area contributed by atoms with Gasteiger partial charge in [0, 0.05) is 6.04 Å². The minimum Gasteiger partial charge on any atom is -0.490 e. The fourth-order valence-electron chi connectivity index (χ4n) is 2.89. The summed E-state index contributed by atoms with van der Waals surface area (Å²) in [5, 5.41) is 5.97. The monoisotopic (exact) mass is 276 g/mol. The van der Waals surface area contributed by atoms with Crippen LogP contribution in [-0.4, -0.2) is 32.4 Å². The van der Waals surface area contributed by atoms with E-state index in [2.05, 4.69) is 22.8 Å². The zero-order valence-corrected chi connectivity index (χ0v) is 11.6. The number of carbonyl (C=O) groups is 1. The number of cyclic esters (lactones) is 1. The molecule has 5 nitrogen and oxygen atoms in total. The summed E-state index contributed by atoms with van der Waals surface area (Å²) in [5.41, 5.74) is 2.73. The predicted octanol–water partition coefficient (Wildman–Crippen LogP) is 1.77. The van der Waals surface area contributed by atoms with Crippen molar-refractivity contribution in [2.45, 2.75) is 31.4 Å². The van der Waals surface area contributed by atoms with Crippen LogP contribution in [0.5, 0.6) is 5.75 Å². The Balaban J connectivity index is 1.65. The SMILES string of the molecule is CNC1CCCc2cc(OCC3CNC(=O)O3)ccc21. The summed E-state index contributed by atoms with van der Waals surface area (Å²) in [6.07, 6.45) is 2.94. The second-order valence-electron chi connectivity index (χ2n) is 5.31. The van der Waals surface area contributed by atoms with Gasteiger partial charge in [0.25, 0.3) is 0 Å². The van der Waals surface area contributed by atoms with Gasteiger partial charge in [0.05, 0.1) is 6.54 Å². The molecule has 2 unspecified atom stereocenters. The molecule has 0 radical (unpaired) electrons. The lowest BCUT2D eigenvalue weighted by Gasteiger charge is -2.25. The third kappa shape index (κ3) is 2.72. The Morgan fingerprint density at radius 3 is 3.15 bits per heavy atom. The van der Waals surface area contributed by atoms with Crippen LogP contribution in [0.2, 0.25) is 0 Å². The lowest BCUT2D eigenvalue weighted by atomic mass is 9.87. The van der Waals surface area contributed by atoms with Gasteiger partial charge in [-0.1, -0.05) is 6.07 Å². The van der Waals surface area contributed by atoms with Gasteiger partial charge in [0.1, 0.15) is 12.4 Å². The van der Waals surface area contributed by atoms with Crippen molar-refractivity contribution in [3.63, 3.8) is 0 Å². The summed E-state index contributed by atoms with van der Waals surface area (Å²) in [4.78, 5) is 10.9. The minimum absolute atomic E-state index is 0.191. The van der Waals surface area contributed by atoms with Gasteiger partial charge in [0.2, 0.25) is 0 Å². The van der Waals surface area contributed by atoms with Crippen LogP contribution in [0.25, 0.3) is 0 Å². The summed E-state index contributed by atoms with van der Waals surface area (Å²) in [7, 11) is 2.01. The molecule has 3 rings (SSSR count). The van der Waals surface area contributed by atoms with E-state index in [1.54, 1.807) is 0 Å². The highest BCUT2D eigenvalue weighted by molar-refractivity contribution is 5.69. The van der Waals surface area contributed by atoms with Crippen molar-refractivity contribution in [1.29, 1.82) is 0 Å². The van der Waals surface area contributed by atoms with Gasteiger partial charge in [-0.15, -0.1) is 0 Å². The van der Waals surface area contributed by atoms with E-state index in [0.717, 1.165) is 12.2 Å². The fraction of sp³-hybridized carbons (Fsp3) is 0.533. The number of rotatable bonds is 4. The molecule has 1 aliphatic carbocycles. The first-order valence-electron chi connectivity index (χ1n) is 7.13. The Morgan fingerprint density at radius 1 is 1.50 bits per heavy atom. The molecule has 0 aromatic heterocycles. The average Bonchev–Trinajstić information content (AvgIpc) is 2.89. The molecule has 2 N–H and O–H groups in total. The van der Waals surface area contributed by atoms with E-state index >= 15 is 0 Å². The number of amides is 1. The lowest BCUT2D eigenvalue weighted by Crippen LogP contribution is -2.23. The molecular formula is C15H20N2O3. The number of benzene rings is 1. The lowest BCUT2D eigenvalue weighted by molar-refractivity contribution is 0.105. The molecule has 1 saturated heterocycles. The van der Waals surface area contributed by atoms with Crippen molar-refractivity contribution >= 4 is 6.09 Å².